The maximum Gasteiger partial charge on any atom is 0.339 e. The predicted octanol–water partition coefficient (Wildman–Crippen LogP) is 3.73. The summed E-state index contributed by atoms with van der Waals surface area (Å²) in [6.45, 7) is 3.59. The van der Waals surface area contributed by atoms with Crippen molar-refractivity contribution in [3.05, 3.63) is 52.5 Å². The molecule has 2 aromatic rings. The Bertz CT molecular complexity index is 729. The highest BCUT2D eigenvalue weighted by atomic mass is 35.5. The first-order chi connectivity index (χ1) is 9.83. The van der Waals surface area contributed by atoms with Crippen LogP contribution in [-0.2, 0) is 10.1 Å². The number of rotatable bonds is 4. The Kier molecular flexibility index (Phi) is 4.44. The molecule has 0 saturated heterocycles. The molecule has 6 heteroatoms. The zero-order valence-electron chi connectivity index (χ0n) is 11.9. The van der Waals surface area contributed by atoms with Crippen LogP contribution in [0.25, 0.3) is 0 Å². The van der Waals surface area contributed by atoms with Crippen molar-refractivity contribution in [2.75, 3.05) is 7.11 Å². The van der Waals surface area contributed by atoms with E-state index >= 15 is 0 Å². The highest BCUT2D eigenvalue weighted by molar-refractivity contribution is 7.87. The normalized spacial score (nSPS) is 11.2. The van der Waals surface area contributed by atoms with Crippen LogP contribution in [0.15, 0.2) is 41.3 Å². The number of benzene rings is 2. The number of ether oxygens (including phenoxy) is 1. The van der Waals surface area contributed by atoms with Crippen LogP contribution in [0.5, 0.6) is 11.5 Å². The molecule has 21 heavy (non-hydrogen) atoms. The number of aryl methyl sites for hydroxylation is 2. The van der Waals surface area contributed by atoms with Crippen molar-refractivity contribution in [1.29, 1.82) is 0 Å². The molecule has 0 fully saturated rings. The quantitative estimate of drug-likeness (QED) is 0.803. The molecule has 0 aliphatic carbocycles. The lowest BCUT2D eigenvalue weighted by molar-refractivity contribution is 0.414. The molecule has 0 saturated carbocycles. The van der Waals surface area contributed by atoms with Crippen molar-refractivity contribution in [2.45, 2.75) is 18.7 Å². The van der Waals surface area contributed by atoms with Gasteiger partial charge in [-0.25, -0.2) is 0 Å². The first-order valence-electron chi connectivity index (χ1n) is 6.19. The summed E-state index contributed by atoms with van der Waals surface area (Å²) in [6, 6.07) is 9.18. The van der Waals surface area contributed by atoms with E-state index in [1.807, 2.05) is 0 Å². The third-order valence-corrected chi connectivity index (χ3v) is 4.82. The lowest BCUT2D eigenvalue weighted by Gasteiger charge is -2.10. The zero-order valence-corrected chi connectivity index (χ0v) is 13.5. The molecule has 0 bridgehead atoms. The van der Waals surface area contributed by atoms with E-state index in [1.54, 1.807) is 38.1 Å². The average Bonchev–Trinajstić information content (AvgIpc) is 2.44. The Morgan fingerprint density at radius 2 is 1.48 bits per heavy atom. The van der Waals surface area contributed by atoms with Gasteiger partial charge in [0.25, 0.3) is 0 Å². The molecule has 0 N–H and O–H groups in total. The van der Waals surface area contributed by atoms with Crippen LogP contribution < -0.4 is 8.92 Å². The maximum atomic E-state index is 12.2. The van der Waals surface area contributed by atoms with Crippen molar-refractivity contribution in [3.8, 4) is 11.5 Å². The van der Waals surface area contributed by atoms with Gasteiger partial charge in [-0.05, 0) is 61.4 Å². The maximum absolute atomic E-state index is 12.2. The van der Waals surface area contributed by atoms with Gasteiger partial charge in [0.2, 0.25) is 0 Å². The van der Waals surface area contributed by atoms with E-state index in [1.165, 1.54) is 19.2 Å². The Hall–Kier alpha value is -1.72. The van der Waals surface area contributed by atoms with Crippen molar-refractivity contribution < 1.29 is 17.3 Å². The zero-order chi connectivity index (χ0) is 15.6. The summed E-state index contributed by atoms with van der Waals surface area (Å²) in [7, 11) is -2.37. The smallest absolute Gasteiger partial charge is 0.339 e. The standard InChI is InChI=1S/C15H15ClO4S/c1-10-8-13(9-11(2)15(10)16)20-21(17,18)14-6-4-12(19-3)5-7-14/h4-9H,1-3H3. The second-order valence-corrected chi connectivity index (χ2v) is 6.51. The van der Waals surface area contributed by atoms with Gasteiger partial charge in [-0.1, -0.05) is 11.6 Å². The Morgan fingerprint density at radius 3 is 1.95 bits per heavy atom. The molecule has 0 aliphatic heterocycles. The van der Waals surface area contributed by atoms with Gasteiger partial charge in [0.1, 0.15) is 16.4 Å². The van der Waals surface area contributed by atoms with E-state index in [-0.39, 0.29) is 10.6 Å². The van der Waals surface area contributed by atoms with E-state index < -0.39 is 10.1 Å². The molecule has 0 heterocycles. The fraction of sp³-hybridized carbons (Fsp3) is 0.200. The van der Waals surface area contributed by atoms with Crippen LogP contribution in [0.4, 0.5) is 0 Å². The molecule has 0 unspecified atom stereocenters. The minimum Gasteiger partial charge on any atom is -0.497 e. The fourth-order valence-electron chi connectivity index (χ4n) is 1.87. The minimum absolute atomic E-state index is 0.0635. The summed E-state index contributed by atoms with van der Waals surface area (Å²) in [5.74, 6) is 0.817. The fourth-order valence-corrected chi connectivity index (χ4v) is 2.90. The van der Waals surface area contributed by atoms with Gasteiger partial charge < -0.3 is 8.92 Å². The molecular weight excluding hydrogens is 312 g/mol. The largest absolute Gasteiger partial charge is 0.497 e. The number of hydrogen-bond donors (Lipinski definition) is 0. The molecule has 2 aromatic carbocycles. The Morgan fingerprint density at radius 1 is 0.952 bits per heavy atom. The van der Waals surface area contributed by atoms with Crippen molar-refractivity contribution in [3.63, 3.8) is 0 Å². The highest BCUT2D eigenvalue weighted by Crippen LogP contribution is 2.28. The van der Waals surface area contributed by atoms with Crippen LogP contribution in [0.2, 0.25) is 5.02 Å². The summed E-state index contributed by atoms with van der Waals surface area (Å²) in [6.07, 6.45) is 0. The third-order valence-electron chi connectivity index (χ3n) is 2.96. The number of hydrogen-bond acceptors (Lipinski definition) is 4. The molecule has 112 valence electrons. The number of halogens is 1. The first-order valence-corrected chi connectivity index (χ1v) is 7.97. The van der Waals surface area contributed by atoms with Gasteiger partial charge in [-0.3, -0.25) is 0 Å². The SMILES string of the molecule is COc1ccc(S(=O)(=O)Oc2cc(C)c(Cl)c(C)c2)cc1. The molecular formula is C15H15ClO4S. The molecule has 0 aliphatic rings. The van der Waals surface area contributed by atoms with Gasteiger partial charge >= 0.3 is 10.1 Å². The van der Waals surface area contributed by atoms with Crippen molar-refractivity contribution in [1.82, 2.24) is 0 Å². The minimum atomic E-state index is -3.88. The van der Waals surface area contributed by atoms with Crippen LogP contribution in [-0.4, -0.2) is 15.5 Å². The molecule has 4 nitrogen and oxygen atoms in total. The predicted molar refractivity (Wildman–Crippen MR) is 81.7 cm³/mol. The molecule has 0 atom stereocenters. The van der Waals surface area contributed by atoms with E-state index in [0.717, 1.165) is 11.1 Å². The second kappa shape index (κ2) is 5.95. The Labute approximate surface area is 129 Å². The summed E-state index contributed by atoms with van der Waals surface area (Å²) in [5, 5.41) is 0.601. The lowest BCUT2D eigenvalue weighted by Crippen LogP contribution is -2.10. The summed E-state index contributed by atoms with van der Waals surface area (Å²) < 4.78 is 34.6. The van der Waals surface area contributed by atoms with E-state index in [4.69, 9.17) is 20.5 Å². The van der Waals surface area contributed by atoms with Crippen molar-refractivity contribution in [2.24, 2.45) is 0 Å². The molecule has 2 rings (SSSR count). The monoisotopic (exact) mass is 326 g/mol. The first kappa shape index (κ1) is 15.7. The molecule has 0 radical (unpaired) electrons. The van der Waals surface area contributed by atoms with Crippen LogP contribution >= 0.6 is 11.6 Å². The molecule has 0 amide bonds. The van der Waals surface area contributed by atoms with E-state index in [9.17, 15) is 8.42 Å². The highest BCUT2D eigenvalue weighted by Gasteiger charge is 2.17. The Balaban J connectivity index is 2.32. The van der Waals surface area contributed by atoms with Gasteiger partial charge in [-0.2, -0.15) is 8.42 Å². The molecule has 0 spiro atoms. The van der Waals surface area contributed by atoms with Crippen LogP contribution in [0.3, 0.4) is 0 Å². The van der Waals surface area contributed by atoms with Gasteiger partial charge in [-0.15, -0.1) is 0 Å². The van der Waals surface area contributed by atoms with Crippen LogP contribution in [0.1, 0.15) is 11.1 Å². The molecule has 0 aromatic heterocycles. The van der Waals surface area contributed by atoms with Gasteiger partial charge in [0.05, 0.1) is 7.11 Å². The number of methoxy groups -OCH3 is 1. The van der Waals surface area contributed by atoms with E-state index in [0.29, 0.717) is 10.8 Å². The lowest BCUT2D eigenvalue weighted by atomic mass is 10.1. The summed E-state index contributed by atoms with van der Waals surface area (Å²) in [4.78, 5) is 0.0635. The van der Waals surface area contributed by atoms with Gasteiger partial charge in [0.15, 0.2) is 0 Å². The van der Waals surface area contributed by atoms with Gasteiger partial charge in [0, 0.05) is 5.02 Å². The van der Waals surface area contributed by atoms with Crippen molar-refractivity contribution >= 4 is 21.7 Å². The van der Waals surface area contributed by atoms with E-state index in [2.05, 4.69) is 0 Å². The topological polar surface area (TPSA) is 52.6 Å². The third kappa shape index (κ3) is 3.49. The van der Waals surface area contributed by atoms with Crippen LogP contribution in [0, 0.1) is 13.8 Å². The average molecular weight is 327 g/mol. The second-order valence-electron chi connectivity index (χ2n) is 4.58. The summed E-state index contributed by atoms with van der Waals surface area (Å²) >= 11 is 6.05. The summed E-state index contributed by atoms with van der Waals surface area (Å²) in [5.41, 5.74) is 1.52.